The number of anilines is 2. The molecule has 0 aliphatic carbocycles. The van der Waals surface area contributed by atoms with Crippen LogP contribution in [0.15, 0.2) is 16.3 Å². The number of nitrogen functional groups attached to an aromatic ring is 2. The molecule has 0 spiro atoms. The number of hydrogen-bond acceptors (Lipinski definition) is 20. The molecule has 26 heteroatoms. The molecule has 1 amide bonds. The first-order chi connectivity index (χ1) is 21.7. The van der Waals surface area contributed by atoms with Gasteiger partial charge >= 0.3 is 15.6 Å². The number of aliphatic hydroxyl groups is 2. The van der Waals surface area contributed by atoms with Crippen LogP contribution in [0.1, 0.15) is 6.23 Å². The zero-order valence-corrected chi connectivity index (χ0v) is 24.9. The molecule has 24 nitrogen and oxygen atoms in total. The van der Waals surface area contributed by atoms with Gasteiger partial charge in [0.25, 0.3) is 5.91 Å². The number of nitrogens with zero attached hydrogens (tertiary/aromatic N) is 7. The van der Waals surface area contributed by atoms with E-state index in [2.05, 4.69) is 30.3 Å². The van der Waals surface area contributed by atoms with Gasteiger partial charge in [-0.1, -0.05) is 0 Å². The van der Waals surface area contributed by atoms with Gasteiger partial charge in [-0.2, -0.15) is 9.97 Å². The second-order valence-electron chi connectivity index (χ2n) is 10.6. The number of amides is 1. The van der Waals surface area contributed by atoms with Gasteiger partial charge in [-0.3, -0.25) is 37.8 Å². The minimum absolute atomic E-state index is 0.0389. The summed E-state index contributed by atoms with van der Waals surface area (Å²) in [6, 6.07) is -1.04. The molecule has 2 aromatic heterocycles. The Bertz CT molecular complexity index is 1730. The van der Waals surface area contributed by atoms with Crippen LogP contribution in [0.5, 0.6) is 0 Å². The zero-order valence-electron chi connectivity index (χ0n) is 23.1. The van der Waals surface area contributed by atoms with Gasteiger partial charge in [-0.05, 0) is 0 Å². The molecule has 0 aromatic carbocycles. The Morgan fingerprint density at radius 1 is 0.935 bits per heavy atom. The number of phosphoric acid groups is 2. The summed E-state index contributed by atoms with van der Waals surface area (Å²) in [6.45, 7) is -1.67. The quantitative estimate of drug-likeness (QED) is 0.138. The largest absolute Gasteiger partial charge is 0.472 e. The van der Waals surface area contributed by atoms with Crippen LogP contribution in [-0.2, 0) is 41.5 Å². The van der Waals surface area contributed by atoms with Gasteiger partial charge in [0.05, 0.1) is 25.9 Å². The number of aliphatic hydroxyl groups excluding tert-OH is 2. The maximum Gasteiger partial charge on any atom is 0.472 e. The van der Waals surface area contributed by atoms with Crippen LogP contribution in [0, 0.1) is 0 Å². The van der Waals surface area contributed by atoms with E-state index in [-0.39, 0.29) is 28.9 Å². The number of ether oxygens (including phenoxy) is 2. The number of rotatable bonds is 2. The molecule has 11 N–H and O–H groups in total. The van der Waals surface area contributed by atoms with E-state index in [1.165, 1.54) is 22.1 Å². The number of aliphatic imine (C=N–C) groups is 2. The van der Waals surface area contributed by atoms with Crippen molar-refractivity contribution in [1.29, 1.82) is 0 Å². The highest BCUT2D eigenvalue weighted by Gasteiger charge is 2.56. The smallest absolute Gasteiger partial charge is 0.386 e. The van der Waals surface area contributed by atoms with E-state index in [9.17, 15) is 33.9 Å². The van der Waals surface area contributed by atoms with Crippen molar-refractivity contribution in [2.45, 2.75) is 61.3 Å². The third-order valence-corrected chi connectivity index (χ3v) is 9.68. The minimum Gasteiger partial charge on any atom is -0.386 e. The summed E-state index contributed by atoms with van der Waals surface area (Å²) in [7, 11) is -10.1. The molecular formula is C20H27N11O13P2. The third kappa shape index (κ3) is 5.40. The SMILES string of the molecule is NC1=NC2C(N=CN2[C@@H]2O[C@@H]3COP(=O)(O)O[C@H]4[C@@H](O)[C@H](n5cnc6c(N)nc(N)nc65)O[C@@H]4COP(=O)(O)O[C@H]3[C@H]2O)C(=O)N1. The highest BCUT2D eigenvalue weighted by atomic mass is 31.2. The predicted octanol–water partition coefficient (Wildman–Crippen LogP) is -4.16. The molecule has 5 aliphatic heterocycles. The standard InChI is InChI=1S/C20H27N11O13P2/c21-13-7-14(27-19(22)26-13)30(3-24-7)17-9(32)11-5(41-17)1-39-46(37,38)44-12-6(2-40-45(35,36)43-11)42-18(10(12)33)31-4-25-8-15(31)28-20(23)29-16(8)34/h3-6,8-12,15,17-18,32-33H,1-2H2,(H,35,36)(H,37,38)(H4,21,22,26,27)(H3,23,28,29,34)/t5-,6-,8?,9-,10-,11-,12-,15?,17-,18-/m1/s1. The van der Waals surface area contributed by atoms with Gasteiger partial charge in [0, 0.05) is 0 Å². The van der Waals surface area contributed by atoms with Crippen LogP contribution in [0.4, 0.5) is 11.8 Å². The lowest BCUT2D eigenvalue weighted by Crippen LogP contribution is -2.57. The highest BCUT2D eigenvalue weighted by molar-refractivity contribution is 7.47. The first kappa shape index (κ1) is 31.2. The summed E-state index contributed by atoms with van der Waals surface area (Å²) in [5, 5.41) is 24.6. The number of imidazole rings is 1. The van der Waals surface area contributed by atoms with E-state index in [1.54, 1.807) is 0 Å². The van der Waals surface area contributed by atoms with Crippen LogP contribution >= 0.6 is 15.6 Å². The van der Waals surface area contributed by atoms with Crippen molar-refractivity contribution in [3.8, 4) is 0 Å². The maximum atomic E-state index is 13.1. The number of aromatic nitrogens is 4. The number of carbonyl (C=O) groups excluding carboxylic acids is 1. The first-order valence-corrected chi connectivity index (χ1v) is 16.4. The Morgan fingerprint density at radius 2 is 1.54 bits per heavy atom. The van der Waals surface area contributed by atoms with E-state index in [4.69, 9.17) is 44.8 Å². The molecule has 3 fully saturated rings. The number of fused-ring (bicyclic) bond motifs is 4. The van der Waals surface area contributed by atoms with Gasteiger partial charge in [0.15, 0.2) is 42.1 Å². The average Bonchev–Trinajstić information content (AvgIpc) is 3.72. The lowest BCUT2D eigenvalue weighted by molar-refractivity contribution is -0.124. The van der Waals surface area contributed by atoms with Crippen molar-refractivity contribution in [1.82, 2.24) is 29.7 Å². The number of nitrogens with two attached hydrogens (primary N) is 3. The summed E-state index contributed by atoms with van der Waals surface area (Å²) in [5.74, 6) is -1.07. The van der Waals surface area contributed by atoms with E-state index in [0.717, 1.165) is 0 Å². The Morgan fingerprint density at radius 3 is 2.20 bits per heavy atom. The fourth-order valence-electron chi connectivity index (χ4n) is 5.68. The molecule has 0 saturated carbocycles. The molecule has 12 atom stereocenters. The number of guanidine groups is 1. The zero-order chi connectivity index (χ0) is 32.7. The van der Waals surface area contributed by atoms with E-state index in [1.807, 2.05) is 0 Å². The normalized spacial score (nSPS) is 42.9. The lowest BCUT2D eigenvalue weighted by atomic mass is 10.1. The van der Waals surface area contributed by atoms with Crippen molar-refractivity contribution in [3.05, 3.63) is 6.33 Å². The van der Waals surface area contributed by atoms with Crippen molar-refractivity contribution < 1.29 is 61.5 Å². The van der Waals surface area contributed by atoms with Crippen LogP contribution < -0.4 is 22.5 Å². The van der Waals surface area contributed by atoms with E-state index >= 15 is 0 Å². The molecule has 5 aliphatic rings. The van der Waals surface area contributed by atoms with E-state index < -0.39 is 96.1 Å². The summed E-state index contributed by atoms with van der Waals surface area (Å²) < 4.78 is 59.8. The molecule has 3 saturated heterocycles. The molecule has 46 heavy (non-hydrogen) atoms. The van der Waals surface area contributed by atoms with Crippen molar-refractivity contribution in [2.75, 3.05) is 24.7 Å². The summed E-state index contributed by atoms with van der Waals surface area (Å²) in [6.07, 6.45) is -11.3. The van der Waals surface area contributed by atoms with Crippen LogP contribution in [0.3, 0.4) is 0 Å². The molecule has 250 valence electrons. The van der Waals surface area contributed by atoms with Crippen molar-refractivity contribution in [2.24, 2.45) is 15.7 Å². The van der Waals surface area contributed by atoms with Gasteiger partial charge in [-0.15, -0.1) is 0 Å². The number of carbonyl (C=O) groups is 1. The van der Waals surface area contributed by atoms with E-state index in [0.29, 0.717) is 0 Å². The Balaban J connectivity index is 1.14. The van der Waals surface area contributed by atoms with Crippen LogP contribution in [0.25, 0.3) is 11.2 Å². The summed E-state index contributed by atoms with van der Waals surface area (Å²) in [4.78, 5) is 54.9. The summed E-state index contributed by atoms with van der Waals surface area (Å²) >= 11 is 0. The Labute approximate surface area is 256 Å². The predicted molar refractivity (Wildman–Crippen MR) is 148 cm³/mol. The third-order valence-electron chi connectivity index (χ3n) is 7.71. The van der Waals surface area contributed by atoms with Crippen molar-refractivity contribution >= 4 is 56.8 Å². The Hall–Kier alpha value is -3.38. The number of hydrogen-bond donors (Lipinski definition) is 8. The van der Waals surface area contributed by atoms with Crippen LogP contribution in [-0.4, -0.2) is 131 Å². The number of nitrogens with one attached hydrogen (secondary N) is 1. The van der Waals surface area contributed by atoms with Crippen molar-refractivity contribution in [3.63, 3.8) is 0 Å². The number of phosphoric ester groups is 2. The second kappa shape index (κ2) is 11.1. The molecular weight excluding hydrogens is 664 g/mol. The molecule has 0 bridgehead atoms. The van der Waals surface area contributed by atoms with Gasteiger partial charge in [0.1, 0.15) is 42.1 Å². The fourth-order valence-corrected chi connectivity index (χ4v) is 7.61. The fraction of sp³-hybridized carbons (Fsp3) is 0.600. The molecule has 0 radical (unpaired) electrons. The average molecular weight is 691 g/mol. The van der Waals surface area contributed by atoms with Gasteiger partial charge in [-0.25, -0.2) is 19.1 Å². The Kier molecular flexibility index (Phi) is 7.54. The second-order valence-corrected chi connectivity index (χ2v) is 13.5. The molecule has 7 rings (SSSR count). The minimum atomic E-state index is -5.07. The first-order valence-electron chi connectivity index (χ1n) is 13.4. The maximum absolute atomic E-state index is 13.1. The highest BCUT2D eigenvalue weighted by Crippen LogP contribution is 2.53. The van der Waals surface area contributed by atoms with Gasteiger partial charge < -0.3 is 51.6 Å². The van der Waals surface area contributed by atoms with Crippen LogP contribution in [0.2, 0.25) is 0 Å². The monoisotopic (exact) mass is 691 g/mol. The molecule has 7 heterocycles. The molecule has 4 unspecified atom stereocenters. The topological polar surface area (TPSA) is 349 Å². The van der Waals surface area contributed by atoms with Gasteiger partial charge in [0.2, 0.25) is 5.95 Å². The molecule has 2 aromatic rings. The summed E-state index contributed by atoms with van der Waals surface area (Å²) in [5.41, 5.74) is 17.4. The lowest BCUT2D eigenvalue weighted by Gasteiger charge is -2.32.